The number of hydrogen-bond donors (Lipinski definition) is 1. The highest BCUT2D eigenvalue weighted by Crippen LogP contribution is 2.16. The molecule has 0 aromatic carbocycles. The second kappa shape index (κ2) is 4.41. The van der Waals surface area contributed by atoms with E-state index in [4.69, 9.17) is 4.74 Å². The largest absolute Gasteiger partial charge is 0.378 e. The highest BCUT2D eigenvalue weighted by Gasteiger charge is 2.14. The van der Waals surface area contributed by atoms with Gasteiger partial charge in [-0.25, -0.2) is 4.98 Å². The van der Waals surface area contributed by atoms with Gasteiger partial charge in [0.25, 0.3) is 0 Å². The molecule has 0 spiro atoms. The molecule has 2 aromatic rings. The topological polar surface area (TPSA) is 41.1 Å². The van der Waals surface area contributed by atoms with Crippen LogP contribution >= 0.6 is 0 Å². The van der Waals surface area contributed by atoms with Gasteiger partial charge in [-0.15, -0.1) is 0 Å². The molecule has 2 aromatic heterocycles. The highest BCUT2D eigenvalue weighted by molar-refractivity contribution is 6.55. The first-order valence-electron chi connectivity index (χ1n) is 5.98. The summed E-state index contributed by atoms with van der Waals surface area (Å²) in [7, 11) is 2.13. The van der Waals surface area contributed by atoms with E-state index in [9.17, 15) is 0 Å². The number of nitrogens with zero attached hydrogens (tertiary/aromatic N) is 2. The molecule has 0 bridgehead atoms. The van der Waals surface area contributed by atoms with Crippen LogP contribution in [0.3, 0.4) is 0 Å². The maximum atomic E-state index is 5.37. The van der Waals surface area contributed by atoms with Crippen molar-refractivity contribution in [2.75, 3.05) is 31.2 Å². The van der Waals surface area contributed by atoms with Gasteiger partial charge in [0, 0.05) is 24.7 Å². The van der Waals surface area contributed by atoms with Gasteiger partial charge in [0.05, 0.1) is 13.2 Å². The second-order valence-electron chi connectivity index (χ2n) is 4.20. The molecule has 1 saturated heterocycles. The normalized spacial score (nSPS) is 16.4. The summed E-state index contributed by atoms with van der Waals surface area (Å²) in [5.74, 6) is 1.04. The van der Waals surface area contributed by atoms with E-state index in [1.807, 2.05) is 6.20 Å². The van der Waals surface area contributed by atoms with Crippen LogP contribution in [0.15, 0.2) is 18.3 Å². The van der Waals surface area contributed by atoms with E-state index in [2.05, 4.69) is 41.1 Å². The van der Waals surface area contributed by atoms with Crippen molar-refractivity contribution >= 4 is 29.6 Å². The van der Waals surface area contributed by atoms with E-state index in [1.54, 1.807) is 0 Å². The molecule has 87 valence electrons. The lowest BCUT2D eigenvalue weighted by atomic mass is 9.72. The third kappa shape index (κ3) is 1.91. The van der Waals surface area contributed by atoms with E-state index in [1.165, 1.54) is 10.8 Å². The van der Waals surface area contributed by atoms with Crippen LogP contribution in [0.1, 0.15) is 0 Å². The van der Waals surface area contributed by atoms with Gasteiger partial charge in [-0.05, 0) is 12.1 Å². The number of pyridine rings is 1. The first kappa shape index (κ1) is 10.7. The molecular formula is C12H15BN3O. The molecule has 1 aliphatic heterocycles. The Kier molecular flexibility index (Phi) is 2.77. The Morgan fingerprint density at radius 3 is 3.00 bits per heavy atom. The Bertz CT molecular complexity index is 519. The van der Waals surface area contributed by atoms with Gasteiger partial charge in [0.2, 0.25) is 0 Å². The average Bonchev–Trinajstić information content (AvgIpc) is 2.86. The van der Waals surface area contributed by atoms with Gasteiger partial charge in [-0.2, -0.15) is 0 Å². The van der Waals surface area contributed by atoms with Gasteiger partial charge in [0.1, 0.15) is 18.7 Å². The quantitative estimate of drug-likeness (QED) is 0.772. The Morgan fingerprint density at radius 2 is 2.24 bits per heavy atom. The van der Waals surface area contributed by atoms with E-state index in [0.717, 1.165) is 37.8 Å². The fraction of sp³-hybridized carbons (Fsp3) is 0.417. The number of H-pyrrole nitrogens is 1. The maximum absolute atomic E-state index is 5.37. The van der Waals surface area contributed by atoms with Gasteiger partial charge in [-0.3, -0.25) is 0 Å². The van der Waals surface area contributed by atoms with Crippen molar-refractivity contribution in [2.24, 2.45) is 0 Å². The Hall–Kier alpha value is -1.49. The first-order chi connectivity index (χ1) is 8.38. The van der Waals surface area contributed by atoms with Crippen molar-refractivity contribution in [1.82, 2.24) is 9.97 Å². The summed E-state index contributed by atoms with van der Waals surface area (Å²) in [6, 6.07) is 4.22. The molecule has 17 heavy (non-hydrogen) atoms. The number of morpholine rings is 1. The molecule has 4 nitrogen and oxygen atoms in total. The zero-order valence-corrected chi connectivity index (χ0v) is 9.94. The van der Waals surface area contributed by atoms with Crippen LogP contribution in [0.4, 0.5) is 5.82 Å². The summed E-state index contributed by atoms with van der Waals surface area (Å²) < 4.78 is 5.37. The van der Waals surface area contributed by atoms with Gasteiger partial charge in [-0.1, -0.05) is 12.3 Å². The zero-order chi connectivity index (χ0) is 11.7. The van der Waals surface area contributed by atoms with Crippen LogP contribution in [0.2, 0.25) is 6.82 Å². The summed E-state index contributed by atoms with van der Waals surface area (Å²) in [5, 5.41) is 1.18. The molecule has 0 atom stereocenters. The predicted octanol–water partition coefficient (Wildman–Crippen LogP) is 0.777. The van der Waals surface area contributed by atoms with Gasteiger partial charge in [0.15, 0.2) is 0 Å². The number of nitrogens with one attached hydrogen (secondary N) is 1. The minimum Gasteiger partial charge on any atom is -0.378 e. The van der Waals surface area contributed by atoms with Crippen LogP contribution in [0, 0.1) is 0 Å². The van der Waals surface area contributed by atoms with Crippen molar-refractivity contribution < 1.29 is 4.74 Å². The lowest BCUT2D eigenvalue weighted by Crippen LogP contribution is -2.37. The van der Waals surface area contributed by atoms with Crippen molar-refractivity contribution in [3.63, 3.8) is 0 Å². The number of rotatable bonds is 2. The Labute approximate surface area is 101 Å². The average molecular weight is 228 g/mol. The molecule has 0 aliphatic carbocycles. The molecular weight excluding hydrogens is 213 g/mol. The van der Waals surface area contributed by atoms with Crippen LogP contribution in [-0.4, -0.2) is 43.6 Å². The van der Waals surface area contributed by atoms with Crippen LogP contribution in [0.25, 0.3) is 11.0 Å². The first-order valence-corrected chi connectivity index (χ1v) is 5.98. The Morgan fingerprint density at radius 1 is 1.41 bits per heavy atom. The number of aromatic nitrogens is 2. The molecule has 1 radical (unpaired) electrons. The third-order valence-corrected chi connectivity index (χ3v) is 3.19. The van der Waals surface area contributed by atoms with Crippen LogP contribution in [0.5, 0.6) is 0 Å². The number of ether oxygens (including phenoxy) is 1. The van der Waals surface area contributed by atoms with E-state index < -0.39 is 0 Å². The summed E-state index contributed by atoms with van der Waals surface area (Å²) in [4.78, 5) is 10.1. The van der Waals surface area contributed by atoms with Crippen molar-refractivity contribution in [3.8, 4) is 0 Å². The minimum absolute atomic E-state index is 0.787. The van der Waals surface area contributed by atoms with Gasteiger partial charge >= 0.3 is 0 Å². The smallest absolute Gasteiger partial charge is 0.149 e. The number of hydrogen-bond acceptors (Lipinski definition) is 3. The standard InChI is InChI=1S/C12H15BN3O/c1-13-10-8-11(16-4-6-17-7-5-16)15-12-9(10)2-3-14-12/h2-3,8H,4-7H2,1H3,(H,14,15). The van der Waals surface area contributed by atoms with Crippen molar-refractivity contribution in [3.05, 3.63) is 18.3 Å². The van der Waals surface area contributed by atoms with E-state index >= 15 is 0 Å². The molecule has 5 heteroatoms. The van der Waals surface area contributed by atoms with E-state index in [0.29, 0.717) is 0 Å². The molecule has 0 saturated carbocycles. The number of fused-ring (bicyclic) bond motifs is 1. The predicted molar refractivity (Wildman–Crippen MR) is 70.4 cm³/mol. The molecule has 1 fully saturated rings. The zero-order valence-electron chi connectivity index (χ0n) is 9.94. The molecule has 0 unspecified atom stereocenters. The lowest BCUT2D eigenvalue weighted by Gasteiger charge is -2.28. The van der Waals surface area contributed by atoms with Crippen molar-refractivity contribution in [1.29, 1.82) is 0 Å². The number of aromatic amines is 1. The fourth-order valence-electron chi connectivity index (χ4n) is 2.24. The number of anilines is 1. The monoisotopic (exact) mass is 228 g/mol. The Balaban J connectivity index is 2.03. The fourth-order valence-corrected chi connectivity index (χ4v) is 2.24. The van der Waals surface area contributed by atoms with Crippen LogP contribution < -0.4 is 10.4 Å². The summed E-state index contributed by atoms with van der Waals surface area (Å²) >= 11 is 0. The lowest BCUT2D eigenvalue weighted by molar-refractivity contribution is 0.122. The van der Waals surface area contributed by atoms with Crippen molar-refractivity contribution in [2.45, 2.75) is 6.82 Å². The second-order valence-corrected chi connectivity index (χ2v) is 4.20. The van der Waals surface area contributed by atoms with Gasteiger partial charge < -0.3 is 14.6 Å². The molecule has 0 amide bonds. The molecule has 3 rings (SSSR count). The molecule has 1 N–H and O–H groups in total. The summed E-state index contributed by atoms with van der Waals surface area (Å²) in [6.45, 7) is 5.47. The highest BCUT2D eigenvalue weighted by atomic mass is 16.5. The minimum atomic E-state index is 0.787. The maximum Gasteiger partial charge on any atom is 0.149 e. The van der Waals surface area contributed by atoms with Crippen LogP contribution in [-0.2, 0) is 4.74 Å². The summed E-state index contributed by atoms with van der Waals surface area (Å²) in [6.07, 6.45) is 1.94. The SMILES string of the molecule is C[B]c1cc(N2CCOCC2)nc2[nH]ccc12. The van der Waals surface area contributed by atoms with E-state index in [-0.39, 0.29) is 0 Å². The molecule has 3 heterocycles. The molecule has 1 aliphatic rings. The third-order valence-electron chi connectivity index (χ3n) is 3.19. The summed E-state index contributed by atoms with van der Waals surface area (Å²) in [5.41, 5.74) is 2.19.